The van der Waals surface area contributed by atoms with Gasteiger partial charge in [-0.3, -0.25) is 4.90 Å². The fourth-order valence-corrected chi connectivity index (χ4v) is 3.79. The molecule has 3 rings (SSSR count). The first-order valence-electron chi connectivity index (χ1n) is 8.70. The van der Waals surface area contributed by atoms with Crippen LogP contribution in [0.3, 0.4) is 0 Å². The molecule has 0 saturated heterocycles. The molecule has 27 heavy (non-hydrogen) atoms. The molecule has 146 valence electrons. The van der Waals surface area contributed by atoms with Crippen LogP contribution < -0.4 is 0 Å². The van der Waals surface area contributed by atoms with Crippen LogP contribution in [-0.2, 0) is 40.4 Å². The molecule has 1 aromatic carbocycles. The molecular weight excluding hydrogens is 373 g/mol. The molecule has 0 unspecified atom stereocenters. The van der Waals surface area contributed by atoms with Gasteiger partial charge in [-0.15, -0.1) is 3.89 Å². The molecule has 0 bridgehead atoms. The van der Waals surface area contributed by atoms with Crippen molar-refractivity contribution < 1.29 is 21.8 Å². The Labute approximate surface area is 158 Å². The number of fused-ring (bicyclic) bond motifs is 1. The molecule has 0 spiro atoms. The first-order valence-corrected chi connectivity index (χ1v) is 10.3. The molecule has 0 saturated carbocycles. The van der Waals surface area contributed by atoms with Crippen molar-refractivity contribution in [3.63, 3.8) is 0 Å². The summed E-state index contributed by atoms with van der Waals surface area (Å²) in [6.07, 6.45) is -0.459. The normalized spacial score (nSPS) is 14.3. The van der Waals surface area contributed by atoms with E-state index < -0.39 is 22.1 Å². The molecule has 2 heterocycles. The number of ether oxygens (including phenoxy) is 1. The number of nitrogens with zero attached hydrogens (tertiary/aromatic N) is 3. The maximum atomic E-state index is 13.3. The van der Waals surface area contributed by atoms with E-state index in [1.54, 1.807) is 4.57 Å². The van der Waals surface area contributed by atoms with Crippen LogP contribution in [0.1, 0.15) is 42.5 Å². The minimum atomic E-state index is -4.67. The molecule has 1 amide bonds. The van der Waals surface area contributed by atoms with Gasteiger partial charge < -0.3 is 9.30 Å². The van der Waals surface area contributed by atoms with E-state index in [0.29, 0.717) is 30.3 Å². The summed E-state index contributed by atoms with van der Waals surface area (Å²) < 4.78 is 42.6. The standard InChI is InChI=1S/C18H22FN3O4S/c1-13(2)17-15(12-27(19,24)25)22-9-8-21(10-16(22)20-17)18(23)26-11-14-6-4-3-5-7-14/h3-7,13H,8-12H2,1-2H3. The third-order valence-corrected chi connectivity index (χ3v) is 5.05. The summed E-state index contributed by atoms with van der Waals surface area (Å²) in [5, 5.41) is 0. The second-order valence-electron chi connectivity index (χ2n) is 6.81. The van der Waals surface area contributed by atoms with Crippen molar-refractivity contribution >= 4 is 16.3 Å². The van der Waals surface area contributed by atoms with E-state index in [1.807, 2.05) is 44.2 Å². The molecule has 7 nitrogen and oxygen atoms in total. The first-order chi connectivity index (χ1) is 12.7. The van der Waals surface area contributed by atoms with Crippen LogP contribution in [0.5, 0.6) is 0 Å². The maximum absolute atomic E-state index is 13.3. The van der Waals surface area contributed by atoms with Gasteiger partial charge in [0.25, 0.3) is 0 Å². The average Bonchev–Trinajstić information content (AvgIpc) is 2.97. The zero-order chi connectivity index (χ0) is 19.6. The molecule has 0 atom stereocenters. The summed E-state index contributed by atoms with van der Waals surface area (Å²) in [4.78, 5) is 18.3. The molecule has 0 N–H and O–H groups in total. The Morgan fingerprint density at radius 2 is 1.96 bits per heavy atom. The topological polar surface area (TPSA) is 81.5 Å². The highest BCUT2D eigenvalue weighted by Crippen LogP contribution is 2.26. The highest BCUT2D eigenvalue weighted by molar-refractivity contribution is 7.85. The van der Waals surface area contributed by atoms with E-state index in [9.17, 15) is 17.1 Å². The van der Waals surface area contributed by atoms with Crippen molar-refractivity contribution in [3.05, 3.63) is 53.1 Å². The molecule has 9 heteroatoms. The smallest absolute Gasteiger partial charge is 0.410 e. The number of halogens is 1. The Hall–Kier alpha value is -2.42. The number of carbonyl (C=O) groups is 1. The minimum absolute atomic E-state index is 0.0571. The summed E-state index contributed by atoms with van der Waals surface area (Å²) in [6, 6.07) is 9.37. The number of imidazole rings is 1. The lowest BCUT2D eigenvalue weighted by molar-refractivity contribution is 0.0860. The highest BCUT2D eigenvalue weighted by atomic mass is 32.3. The van der Waals surface area contributed by atoms with Gasteiger partial charge in [0.15, 0.2) is 0 Å². The monoisotopic (exact) mass is 395 g/mol. The van der Waals surface area contributed by atoms with Crippen molar-refractivity contribution in [3.8, 4) is 0 Å². The van der Waals surface area contributed by atoms with Crippen LogP contribution in [0, 0.1) is 0 Å². The summed E-state index contributed by atoms with van der Waals surface area (Å²) >= 11 is 0. The molecule has 1 aliphatic heterocycles. The second kappa shape index (κ2) is 7.67. The molecular formula is C18H22FN3O4S. The number of hydrogen-bond donors (Lipinski definition) is 0. The average molecular weight is 395 g/mol. The predicted molar refractivity (Wildman–Crippen MR) is 97.1 cm³/mol. The molecule has 1 aromatic heterocycles. The van der Waals surface area contributed by atoms with Crippen molar-refractivity contribution in [2.24, 2.45) is 0 Å². The van der Waals surface area contributed by atoms with Crippen molar-refractivity contribution in [1.29, 1.82) is 0 Å². The zero-order valence-electron chi connectivity index (χ0n) is 15.3. The predicted octanol–water partition coefficient (Wildman–Crippen LogP) is 2.96. The lowest BCUT2D eigenvalue weighted by Crippen LogP contribution is -2.39. The third kappa shape index (κ3) is 4.65. The van der Waals surface area contributed by atoms with Gasteiger partial charge in [-0.05, 0) is 11.5 Å². The minimum Gasteiger partial charge on any atom is -0.445 e. The van der Waals surface area contributed by atoms with Crippen LogP contribution in [0.2, 0.25) is 0 Å². The summed E-state index contributed by atoms with van der Waals surface area (Å²) in [5.74, 6) is -0.218. The molecule has 1 aliphatic rings. The van der Waals surface area contributed by atoms with Gasteiger partial charge in [0.1, 0.15) is 18.2 Å². The van der Waals surface area contributed by atoms with Crippen LogP contribution in [-0.4, -0.2) is 35.5 Å². The Balaban J connectivity index is 1.74. The maximum Gasteiger partial charge on any atom is 0.410 e. The van der Waals surface area contributed by atoms with Gasteiger partial charge in [-0.1, -0.05) is 44.2 Å². The number of hydrogen-bond acceptors (Lipinski definition) is 5. The van der Waals surface area contributed by atoms with E-state index in [-0.39, 0.29) is 19.1 Å². The number of amides is 1. The van der Waals surface area contributed by atoms with Gasteiger partial charge >= 0.3 is 16.3 Å². The summed E-state index contributed by atoms with van der Waals surface area (Å²) in [7, 11) is -4.67. The fraction of sp³-hybridized carbons (Fsp3) is 0.444. The van der Waals surface area contributed by atoms with Crippen LogP contribution >= 0.6 is 0 Å². The van der Waals surface area contributed by atoms with Gasteiger partial charge in [0.2, 0.25) is 0 Å². The first kappa shape index (κ1) is 19.3. The van der Waals surface area contributed by atoms with Gasteiger partial charge in [-0.2, -0.15) is 8.42 Å². The number of carbonyl (C=O) groups excluding carboxylic acids is 1. The quantitative estimate of drug-likeness (QED) is 0.727. The van der Waals surface area contributed by atoms with E-state index in [2.05, 4.69) is 4.98 Å². The molecule has 0 aliphatic carbocycles. The SMILES string of the molecule is CC(C)c1nc2n(c1CS(=O)(=O)F)CCN(C(=O)OCc1ccccc1)C2. The Morgan fingerprint density at radius 3 is 2.59 bits per heavy atom. The Kier molecular flexibility index (Phi) is 5.50. The van der Waals surface area contributed by atoms with Gasteiger partial charge in [-0.25, -0.2) is 9.78 Å². The van der Waals surface area contributed by atoms with E-state index >= 15 is 0 Å². The second-order valence-corrected chi connectivity index (χ2v) is 8.18. The Bertz CT molecular complexity index is 926. The zero-order valence-corrected chi connectivity index (χ0v) is 16.1. The number of benzene rings is 1. The van der Waals surface area contributed by atoms with Crippen molar-refractivity contribution in [2.45, 2.75) is 45.2 Å². The Morgan fingerprint density at radius 1 is 1.26 bits per heavy atom. The van der Waals surface area contributed by atoms with Crippen LogP contribution in [0.25, 0.3) is 0 Å². The summed E-state index contributed by atoms with van der Waals surface area (Å²) in [5.41, 5.74) is 1.80. The van der Waals surface area contributed by atoms with Crippen LogP contribution in [0.4, 0.5) is 8.68 Å². The van der Waals surface area contributed by atoms with E-state index in [1.165, 1.54) is 4.90 Å². The molecule has 0 fully saturated rings. The van der Waals surface area contributed by atoms with Gasteiger partial charge in [0, 0.05) is 13.1 Å². The number of aromatic nitrogens is 2. The van der Waals surface area contributed by atoms with E-state index in [0.717, 1.165) is 5.56 Å². The lowest BCUT2D eigenvalue weighted by atomic mass is 10.1. The molecule has 0 radical (unpaired) electrons. The van der Waals surface area contributed by atoms with Gasteiger partial charge in [0.05, 0.1) is 17.9 Å². The largest absolute Gasteiger partial charge is 0.445 e. The van der Waals surface area contributed by atoms with Crippen molar-refractivity contribution in [2.75, 3.05) is 6.54 Å². The van der Waals surface area contributed by atoms with Crippen LogP contribution in [0.15, 0.2) is 30.3 Å². The lowest BCUT2D eigenvalue weighted by Gasteiger charge is -2.27. The number of rotatable bonds is 5. The summed E-state index contributed by atoms with van der Waals surface area (Å²) in [6.45, 7) is 4.80. The molecule has 2 aromatic rings. The third-order valence-electron chi connectivity index (χ3n) is 4.43. The fourth-order valence-electron chi connectivity index (χ4n) is 3.16. The highest BCUT2D eigenvalue weighted by Gasteiger charge is 2.29. The van der Waals surface area contributed by atoms with Crippen molar-refractivity contribution in [1.82, 2.24) is 14.5 Å². The van der Waals surface area contributed by atoms with E-state index in [4.69, 9.17) is 4.74 Å².